The third-order valence-electron chi connectivity index (χ3n) is 2.76. The molecule has 1 aromatic heterocycles. The predicted octanol–water partition coefficient (Wildman–Crippen LogP) is 3.94. The number of aryl methyl sites for hydroxylation is 2. The van der Waals surface area contributed by atoms with E-state index in [1.807, 2.05) is 31.2 Å². The Morgan fingerprint density at radius 2 is 2.00 bits per heavy atom. The Morgan fingerprint density at radius 3 is 2.68 bits per heavy atom. The summed E-state index contributed by atoms with van der Waals surface area (Å²) in [6.45, 7) is 4.71. The lowest BCUT2D eigenvalue weighted by molar-refractivity contribution is 0.252. The van der Waals surface area contributed by atoms with Crippen molar-refractivity contribution >= 4 is 23.1 Å². The largest absolute Gasteiger partial charge is 0.333 e. The third-order valence-corrected chi connectivity index (χ3v) is 3.99. The molecule has 0 radical (unpaired) electrons. The molecule has 2 amide bonds. The van der Waals surface area contributed by atoms with Crippen LogP contribution in [0.5, 0.6) is 0 Å². The zero-order valence-corrected chi connectivity index (χ0v) is 12.0. The fourth-order valence-electron chi connectivity index (χ4n) is 1.77. The van der Waals surface area contributed by atoms with Gasteiger partial charge < -0.3 is 10.6 Å². The predicted molar refractivity (Wildman–Crippen MR) is 80.7 cm³/mol. The Balaban J connectivity index is 1.84. The van der Waals surface area contributed by atoms with Crippen molar-refractivity contribution < 1.29 is 4.79 Å². The summed E-state index contributed by atoms with van der Waals surface area (Å²) >= 11 is 1.74. The lowest BCUT2D eigenvalue weighted by Crippen LogP contribution is -2.27. The number of benzene rings is 1. The zero-order chi connectivity index (χ0) is 13.7. The highest BCUT2D eigenvalue weighted by molar-refractivity contribution is 7.11. The monoisotopic (exact) mass is 274 g/mol. The van der Waals surface area contributed by atoms with Gasteiger partial charge in [0.15, 0.2) is 0 Å². The summed E-state index contributed by atoms with van der Waals surface area (Å²) in [7, 11) is 0. The molecular weight excluding hydrogens is 256 g/mol. The second kappa shape index (κ2) is 6.38. The number of urea groups is 1. The normalized spacial score (nSPS) is 10.2. The first-order valence-corrected chi connectivity index (χ1v) is 7.18. The molecule has 0 saturated carbocycles. The van der Waals surface area contributed by atoms with Crippen molar-refractivity contribution in [2.24, 2.45) is 0 Å². The van der Waals surface area contributed by atoms with Gasteiger partial charge in [-0.15, -0.1) is 11.3 Å². The van der Waals surface area contributed by atoms with Crippen LogP contribution in [0.3, 0.4) is 0 Å². The zero-order valence-electron chi connectivity index (χ0n) is 11.2. The van der Waals surface area contributed by atoms with Gasteiger partial charge in [-0.2, -0.15) is 0 Å². The van der Waals surface area contributed by atoms with Crippen LogP contribution in [0.4, 0.5) is 10.5 Å². The molecule has 4 heteroatoms. The van der Waals surface area contributed by atoms with Gasteiger partial charge in [0, 0.05) is 15.4 Å². The Hall–Kier alpha value is -1.81. The summed E-state index contributed by atoms with van der Waals surface area (Å²) in [5, 5.41) is 5.69. The Kier molecular flexibility index (Phi) is 4.58. The molecule has 0 unspecified atom stereocenters. The molecule has 2 N–H and O–H groups in total. The summed E-state index contributed by atoms with van der Waals surface area (Å²) in [6, 6.07) is 11.8. The lowest BCUT2D eigenvalue weighted by Gasteiger charge is -2.07. The van der Waals surface area contributed by atoms with Crippen LogP contribution in [0, 0.1) is 6.92 Å². The van der Waals surface area contributed by atoms with Crippen molar-refractivity contribution in [3.05, 3.63) is 51.7 Å². The van der Waals surface area contributed by atoms with Gasteiger partial charge >= 0.3 is 6.03 Å². The molecule has 3 nitrogen and oxygen atoms in total. The van der Waals surface area contributed by atoms with E-state index in [4.69, 9.17) is 0 Å². The third kappa shape index (κ3) is 4.10. The van der Waals surface area contributed by atoms with Gasteiger partial charge in [-0.05, 0) is 43.2 Å². The first kappa shape index (κ1) is 13.6. The highest BCUT2D eigenvalue weighted by atomic mass is 32.1. The minimum Gasteiger partial charge on any atom is -0.333 e. The first-order valence-electron chi connectivity index (χ1n) is 6.36. The smallest absolute Gasteiger partial charge is 0.319 e. The number of carbonyl (C=O) groups is 1. The van der Waals surface area contributed by atoms with Gasteiger partial charge in [-0.25, -0.2) is 4.79 Å². The second-order valence-corrected chi connectivity index (χ2v) is 5.65. The van der Waals surface area contributed by atoms with Crippen molar-refractivity contribution in [1.29, 1.82) is 0 Å². The maximum atomic E-state index is 11.8. The highest BCUT2D eigenvalue weighted by Crippen LogP contribution is 2.16. The van der Waals surface area contributed by atoms with Gasteiger partial charge in [0.1, 0.15) is 0 Å². The molecule has 0 fully saturated rings. The number of thiophene rings is 1. The molecule has 2 rings (SSSR count). The fourth-order valence-corrected chi connectivity index (χ4v) is 2.67. The van der Waals surface area contributed by atoms with Gasteiger partial charge in [0.2, 0.25) is 0 Å². The van der Waals surface area contributed by atoms with Gasteiger partial charge in [0.05, 0.1) is 6.54 Å². The average Bonchev–Trinajstić information content (AvgIpc) is 2.84. The Bertz CT molecular complexity index is 563. The topological polar surface area (TPSA) is 41.1 Å². The van der Waals surface area contributed by atoms with Crippen LogP contribution in [-0.4, -0.2) is 6.03 Å². The number of hydrogen-bond acceptors (Lipinski definition) is 2. The number of rotatable bonds is 4. The summed E-state index contributed by atoms with van der Waals surface area (Å²) in [4.78, 5) is 14.3. The van der Waals surface area contributed by atoms with E-state index in [1.54, 1.807) is 11.3 Å². The lowest BCUT2D eigenvalue weighted by atomic mass is 10.2. The van der Waals surface area contributed by atoms with Gasteiger partial charge in [-0.3, -0.25) is 0 Å². The molecule has 2 aromatic rings. The average molecular weight is 274 g/mol. The van der Waals surface area contributed by atoms with Crippen molar-refractivity contribution in [2.75, 3.05) is 5.32 Å². The summed E-state index contributed by atoms with van der Waals surface area (Å²) in [5.41, 5.74) is 1.95. The van der Waals surface area contributed by atoms with Crippen LogP contribution >= 0.6 is 11.3 Å². The van der Waals surface area contributed by atoms with Gasteiger partial charge in [0.25, 0.3) is 0 Å². The quantitative estimate of drug-likeness (QED) is 0.871. The molecule has 0 bridgehead atoms. The molecule has 19 heavy (non-hydrogen) atoms. The molecule has 0 saturated heterocycles. The van der Waals surface area contributed by atoms with Crippen LogP contribution in [0.15, 0.2) is 36.4 Å². The summed E-state index contributed by atoms with van der Waals surface area (Å²) in [5.74, 6) is 0. The molecule has 0 atom stereocenters. The molecule has 0 aliphatic carbocycles. The van der Waals surface area contributed by atoms with Crippen LogP contribution in [0.2, 0.25) is 0 Å². The van der Waals surface area contributed by atoms with Crippen molar-refractivity contribution in [3.8, 4) is 0 Å². The maximum Gasteiger partial charge on any atom is 0.319 e. The summed E-state index contributed by atoms with van der Waals surface area (Å²) in [6.07, 6.45) is 1.04. The molecule has 100 valence electrons. The number of nitrogens with one attached hydrogen (secondary N) is 2. The van der Waals surface area contributed by atoms with Crippen LogP contribution in [-0.2, 0) is 13.0 Å². The number of carbonyl (C=O) groups excluding carboxylic acids is 1. The van der Waals surface area contributed by atoms with E-state index in [2.05, 4.69) is 29.7 Å². The molecule has 0 spiro atoms. The van der Waals surface area contributed by atoms with E-state index >= 15 is 0 Å². The van der Waals surface area contributed by atoms with E-state index in [0.29, 0.717) is 6.54 Å². The van der Waals surface area contributed by atoms with E-state index in [-0.39, 0.29) is 6.03 Å². The van der Waals surface area contributed by atoms with E-state index in [0.717, 1.165) is 17.7 Å². The van der Waals surface area contributed by atoms with Crippen LogP contribution < -0.4 is 10.6 Å². The van der Waals surface area contributed by atoms with E-state index < -0.39 is 0 Å². The first-order chi connectivity index (χ1) is 9.17. The summed E-state index contributed by atoms with van der Waals surface area (Å²) < 4.78 is 0. The molecule has 0 aliphatic heterocycles. The Labute approximate surface area is 117 Å². The van der Waals surface area contributed by atoms with Crippen LogP contribution in [0.1, 0.15) is 22.2 Å². The van der Waals surface area contributed by atoms with Gasteiger partial charge in [-0.1, -0.05) is 19.1 Å². The minimum atomic E-state index is -0.169. The van der Waals surface area contributed by atoms with E-state index in [1.165, 1.54) is 9.75 Å². The number of hydrogen-bond donors (Lipinski definition) is 2. The Morgan fingerprint density at radius 1 is 1.21 bits per heavy atom. The van der Waals surface area contributed by atoms with Crippen molar-refractivity contribution in [3.63, 3.8) is 0 Å². The fraction of sp³-hybridized carbons (Fsp3) is 0.267. The minimum absolute atomic E-state index is 0.169. The second-order valence-electron chi connectivity index (χ2n) is 4.40. The molecular formula is C15H18N2OS. The van der Waals surface area contributed by atoms with Crippen molar-refractivity contribution in [2.45, 2.75) is 26.8 Å². The highest BCUT2D eigenvalue weighted by Gasteiger charge is 2.03. The van der Waals surface area contributed by atoms with Crippen molar-refractivity contribution in [1.82, 2.24) is 5.32 Å². The molecule has 0 aliphatic rings. The number of amides is 2. The standard InChI is InChI=1S/C15H18N2OS/c1-3-13-7-8-14(19-13)10-16-15(18)17-12-6-4-5-11(2)9-12/h4-9H,3,10H2,1-2H3,(H2,16,17,18). The number of anilines is 1. The van der Waals surface area contributed by atoms with Crippen LogP contribution in [0.25, 0.3) is 0 Å². The molecule has 1 heterocycles. The maximum absolute atomic E-state index is 11.8. The van der Waals surface area contributed by atoms with E-state index in [9.17, 15) is 4.79 Å². The SMILES string of the molecule is CCc1ccc(CNC(=O)Nc2cccc(C)c2)s1. The molecule has 1 aromatic carbocycles.